The Morgan fingerprint density at radius 1 is 0.960 bits per heavy atom. The van der Waals surface area contributed by atoms with Crippen LogP contribution in [0.25, 0.3) is 23.1 Å². The van der Waals surface area contributed by atoms with E-state index in [1.807, 2.05) is 68.1 Å². The van der Waals surface area contributed by atoms with Gasteiger partial charge in [-0.25, -0.2) is 4.98 Å². The minimum Gasteiger partial charge on any atom is -0.386 e. The molecular weight excluding hydrogens is 684 g/mol. The Morgan fingerprint density at radius 3 is 2.36 bits per heavy atom. The topological polar surface area (TPSA) is 111 Å². The van der Waals surface area contributed by atoms with Gasteiger partial charge in [-0.2, -0.15) is 25.4 Å². The van der Waals surface area contributed by atoms with Crippen molar-refractivity contribution in [1.29, 1.82) is 5.26 Å². The molecule has 6 nitrogen and oxygen atoms in total. The van der Waals surface area contributed by atoms with Gasteiger partial charge in [0, 0.05) is 27.8 Å². The molecule has 9 heteroatoms. The summed E-state index contributed by atoms with van der Waals surface area (Å²) in [6, 6.07) is 36.7. The molecule has 1 atom stereocenters. The highest BCUT2D eigenvalue weighted by atomic mass is 35.5. The van der Waals surface area contributed by atoms with E-state index in [2.05, 4.69) is 54.6 Å². The van der Waals surface area contributed by atoms with Crippen LogP contribution in [0.3, 0.4) is 0 Å². The fourth-order valence-corrected chi connectivity index (χ4v) is 8.03. The van der Waals surface area contributed by atoms with Gasteiger partial charge in [-0.15, -0.1) is 0 Å². The maximum absolute atomic E-state index is 10.7. The largest absolute Gasteiger partial charge is 0.386 e. The van der Waals surface area contributed by atoms with Crippen molar-refractivity contribution in [1.82, 2.24) is 4.98 Å². The van der Waals surface area contributed by atoms with Crippen LogP contribution >= 0.6 is 23.4 Å². The molecule has 0 radical (unpaired) electrons. The van der Waals surface area contributed by atoms with Gasteiger partial charge in [0.05, 0.1) is 27.8 Å². The van der Waals surface area contributed by atoms with Crippen molar-refractivity contribution in [2.24, 2.45) is 5.41 Å². The number of hydrogen-bond donors (Lipinski definition) is 2. The molecule has 1 aliphatic rings. The SMILES string of the molecule is CC(C)(O)c1ccccc1CC[C@@H](SCC1(CC#N)CC1)c1cccc(/C=C/c2ccc3ccc(Cl)cc3n2)c1.O=S(=O)(O)c1ccccc1. The summed E-state index contributed by atoms with van der Waals surface area (Å²) in [5, 5.41) is 22.1. The molecule has 0 amide bonds. The van der Waals surface area contributed by atoms with Crippen LogP contribution in [-0.4, -0.2) is 28.8 Å². The Kier molecular flexibility index (Phi) is 12.2. The second kappa shape index (κ2) is 16.4. The molecular formula is C41H41ClN2O4S2. The van der Waals surface area contributed by atoms with E-state index >= 15 is 0 Å². The van der Waals surface area contributed by atoms with Gasteiger partial charge in [0.1, 0.15) is 0 Å². The molecule has 2 N–H and O–H groups in total. The van der Waals surface area contributed by atoms with E-state index in [-0.39, 0.29) is 10.3 Å². The van der Waals surface area contributed by atoms with Crippen molar-refractivity contribution in [3.8, 4) is 6.07 Å². The highest BCUT2D eigenvalue weighted by Gasteiger charge is 2.42. The monoisotopic (exact) mass is 724 g/mol. The minimum atomic E-state index is -4.00. The number of nitriles is 1. The van der Waals surface area contributed by atoms with E-state index in [9.17, 15) is 18.8 Å². The molecule has 1 aliphatic carbocycles. The first kappa shape index (κ1) is 37.3. The summed E-state index contributed by atoms with van der Waals surface area (Å²) in [5.74, 6) is 1.00. The van der Waals surface area contributed by atoms with Crippen molar-refractivity contribution in [3.05, 3.63) is 142 Å². The van der Waals surface area contributed by atoms with E-state index < -0.39 is 15.7 Å². The molecule has 5 aromatic rings. The number of thioether (sulfide) groups is 1. The molecule has 1 heterocycles. The number of rotatable bonds is 12. The summed E-state index contributed by atoms with van der Waals surface area (Å²) < 4.78 is 29.2. The fraction of sp³-hybridized carbons (Fsp3) is 0.268. The standard InChI is InChI=1S/C35H35ClN2OS.C6H6O3S/c1-34(2,39)31-9-4-3-7-26(31)13-17-33(40-24-35(18-19-35)20-21-37)28-8-5-6-25(22-28)10-15-30-16-12-27-11-14-29(36)23-32(27)38-30;7-10(8,9)6-4-2-1-3-5-6/h3-12,14-16,22-23,33,39H,13,17-20,24H2,1-2H3;1-5H,(H,7,8,9)/b15-10+;/t33-;/m1./s1. The average molecular weight is 725 g/mol. The molecule has 0 spiro atoms. The third-order valence-corrected chi connectivity index (χ3v) is 11.6. The Bertz CT molecular complexity index is 2100. The fourth-order valence-electron chi connectivity index (χ4n) is 5.80. The number of pyridine rings is 1. The van der Waals surface area contributed by atoms with Gasteiger partial charge >= 0.3 is 0 Å². The summed E-state index contributed by atoms with van der Waals surface area (Å²) in [7, 11) is -4.00. The number of aromatic nitrogens is 1. The molecule has 0 saturated heterocycles. The lowest BCUT2D eigenvalue weighted by Crippen LogP contribution is -2.18. The summed E-state index contributed by atoms with van der Waals surface area (Å²) in [4.78, 5) is 4.68. The molecule has 1 saturated carbocycles. The molecule has 1 aromatic heterocycles. The molecule has 0 unspecified atom stereocenters. The van der Waals surface area contributed by atoms with E-state index in [0.29, 0.717) is 16.7 Å². The van der Waals surface area contributed by atoms with Crippen molar-refractivity contribution in [2.75, 3.05) is 5.75 Å². The number of aryl methyl sites for hydroxylation is 1. The summed E-state index contributed by atoms with van der Waals surface area (Å²) >= 11 is 8.15. The summed E-state index contributed by atoms with van der Waals surface area (Å²) in [5.41, 5.74) is 5.69. The van der Waals surface area contributed by atoms with E-state index in [4.69, 9.17) is 21.1 Å². The number of benzene rings is 4. The van der Waals surface area contributed by atoms with Crippen LogP contribution in [0.5, 0.6) is 0 Å². The summed E-state index contributed by atoms with van der Waals surface area (Å²) in [6.07, 6.45) is 8.94. The van der Waals surface area contributed by atoms with Crippen LogP contribution in [0.4, 0.5) is 0 Å². The quantitative estimate of drug-likeness (QED) is 0.123. The molecule has 0 bridgehead atoms. The van der Waals surface area contributed by atoms with Crippen molar-refractivity contribution in [3.63, 3.8) is 0 Å². The lowest BCUT2D eigenvalue weighted by Gasteiger charge is -2.24. The molecule has 1 fully saturated rings. The van der Waals surface area contributed by atoms with Crippen LogP contribution in [-0.2, 0) is 22.1 Å². The van der Waals surface area contributed by atoms with Gasteiger partial charge in [-0.1, -0.05) is 96.5 Å². The zero-order valence-corrected chi connectivity index (χ0v) is 30.6. The van der Waals surface area contributed by atoms with E-state index in [1.54, 1.807) is 18.2 Å². The second-order valence-corrected chi connectivity index (χ2v) is 16.3. The Labute approximate surface area is 304 Å². The van der Waals surface area contributed by atoms with Gasteiger partial charge in [-0.05, 0) is 104 Å². The first-order chi connectivity index (χ1) is 23.8. The zero-order chi connectivity index (χ0) is 35.8. The maximum Gasteiger partial charge on any atom is 0.294 e. The molecule has 258 valence electrons. The average Bonchev–Trinajstić information content (AvgIpc) is 3.87. The third kappa shape index (κ3) is 10.5. The van der Waals surface area contributed by atoms with Crippen molar-refractivity contribution < 1.29 is 18.1 Å². The lowest BCUT2D eigenvalue weighted by atomic mass is 9.90. The maximum atomic E-state index is 10.7. The highest BCUT2D eigenvalue weighted by molar-refractivity contribution is 7.99. The predicted octanol–water partition coefficient (Wildman–Crippen LogP) is 10.3. The van der Waals surface area contributed by atoms with Gasteiger partial charge in [-0.3, -0.25) is 4.55 Å². The smallest absolute Gasteiger partial charge is 0.294 e. The molecule has 4 aromatic carbocycles. The van der Waals surface area contributed by atoms with Crippen LogP contribution in [0.15, 0.2) is 114 Å². The van der Waals surface area contributed by atoms with Crippen LogP contribution in [0, 0.1) is 16.7 Å². The predicted molar refractivity (Wildman–Crippen MR) is 205 cm³/mol. The number of halogens is 1. The highest BCUT2D eigenvalue weighted by Crippen LogP contribution is 2.53. The van der Waals surface area contributed by atoms with Crippen LogP contribution in [0.2, 0.25) is 5.02 Å². The van der Waals surface area contributed by atoms with Crippen LogP contribution in [0.1, 0.15) is 72.7 Å². The number of fused-ring (bicyclic) bond motifs is 1. The Morgan fingerprint density at radius 2 is 1.68 bits per heavy atom. The molecule has 0 aliphatic heterocycles. The van der Waals surface area contributed by atoms with Gasteiger partial charge in [0.15, 0.2) is 0 Å². The van der Waals surface area contributed by atoms with Gasteiger partial charge in [0.25, 0.3) is 10.1 Å². The number of aliphatic hydroxyl groups is 1. The normalized spacial score (nSPS) is 14.5. The van der Waals surface area contributed by atoms with Crippen LogP contribution < -0.4 is 0 Å². The molecule has 6 rings (SSSR count). The van der Waals surface area contributed by atoms with Crippen molar-refractivity contribution in [2.45, 2.75) is 61.7 Å². The Balaban J connectivity index is 0.000000418. The van der Waals surface area contributed by atoms with E-state index in [1.165, 1.54) is 23.3 Å². The molecule has 50 heavy (non-hydrogen) atoms. The summed E-state index contributed by atoms with van der Waals surface area (Å²) in [6.45, 7) is 3.71. The first-order valence-corrected chi connectivity index (χ1v) is 19.4. The second-order valence-electron chi connectivity index (χ2n) is 13.3. The number of hydrogen-bond acceptors (Lipinski definition) is 6. The van der Waals surface area contributed by atoms with Gasteiger partial charge in [0.2, 0.25) is 0 Å². The zero-order valence-electron chi connectivity index (χ0n) is 28.2. The van der Waals surface area contributed by atoms with Crippen molar-refractivity contribution >= 4 is 56.5 Å². The third-order valence-electron chi connectivity index (χ3n) is 8.80. The first-order valence-electron chi connectivity index (χ1n) is 16.5. The number of nitrogens with zero attached hydrogens (tertiary/aromatic N) is 2. The lowest BCUT2D eigenvalue weighted by molar-refractivity contribution is 0.0776. The van der Waals surface area contributed by atoms with Gasteiger partial charge < -0.3 is 5.11 Å². The van der Waals surface area contributed by atoms with E-state index in [0.717, 1.165) is 59.2 Å². The minimum absolute atomic E-state index is 0.0741. The Hall–Kier alpha value is -3.97.